The van der Waals surface area contributed by atoms with Gasteiger partial charge in [-0.05, 0) is 28.1 Å². The van der Waals surface area contributed by atoms with E-state index in [0.717, 1.165) is 0 Å². The van der Waals surface area contributed by atoms with E-state index in [1.807, 2.05) is 0 Å². The van der Waals surface area contributed by atoms with Gasteiger partial charge in [-0.3, -0.25) is 14.5 Å². The molecule has 88 valence electrons. The molecule has 0 bridgehead atoms. The molecule has 1 aliphatic heterocycles. The third-order valence-electron chi connectivity index (χ3n) is 2.32. The van der Waals surface area contributed by atoms with Crippen molar-refractivity contribution in [1.82, 2.24) is 0 Å². The molecule has 1 N–H and O–H groups in total. The molecule has 17 heavy (non-hydrogen) atoms. The number of amides is 1. The number of carbonyl (C=O) groups is 3. The number of alkyl halides is 1. The lowest BCUT2D eigenvalue weighted by Gasteiger charge is -2.18. The van der Waals surface area contributed by atoms with E-state index in [4.69, 9.17) is 5.11 Å². The molecule has 5 nitrogen and oxygen atoms in total. The average molecular weight is 302 g/mol. The van der Waals surface area contributed by atoms with E-state index in [9.17, 15) is 18.8 Å². The first kappa shape index (κ1) is 11.7. The van der Waals surface area contributed by atoms with Gasteiger partial charge in [0.05, 0.1) is 11.3 Å². The van der Waals surface area contributed by atoms with Gasteiger partial charge in [0.1, 0.15) is 0 Å². The van der Waals surface area contributed by atoms with Crippen molar-refractivity contribution >= 4 is 39.3 Å². The molecular formula is C10H5BrFNO4. The van der Waals surface area contributed by atoms with E-state index < -0.39 is 24.0 Å². The topological polar surface area (TPSA) is 74.7 Å². The van der Waals surface area contributed by atoms with Crippen LogP contribution >= 0.6 is 15.9 Å². The van der Waals surface area contributed by atoms with Crippen molar-refractivity contribution in [1.29, 1.82) is 0 Å². The minimum atomic E-state index is -2.58. The van der Waals surface area contributed by atoms with Crippen LogP contribution in [0.2, 0.25) is 0 Å². The molecule has 0 fully saturated rings. The molecule has 1 aromatic carbocycles. The lowest BCUT2D eigenvalue weighted by atomic mass is 10.1. The Morgan fingerprint density at radius 3 is 2.65 bits per heavy atom. The van der Waals surface area contributed by atoms with Gasteiger partial charge in [-0.25, -0.2) is 9.18 Å². The van der Waals surface area contributed by atoms with Gasteiger partial charge in [-0.15, -0.1) is 0 Å². The number of rotatable bonds is 2. The second kappa shape index (κ2) is 3.92. The number of ketones is 1. The van der Waals surface area contributed by atoms with Gasteiger partial charge >= 0.3 is 11.9 Å². The molecule has 0 radical (unpaired) electrons. The van der Waals surface area contributed by atoms with E-state index in [0.29, 0.717) is 4.90 Å². The summed E-state index contributed by atoms with van der Waals surface area (Å²) in [6.45, 7) is 0. The number of fused-ring (bicyclic) bond motifs is 1. The van der Waals surface area contributed by atoms with Gasteiger partial charge in [-0.2, -0.15) is 0 Å². The fourth-order valence-electron chi connectivity index (χ4n) is 1.60. The Morgan fingerprint density at radius 1 is 1.41 bits per heavy atom. The Hall–Kier alpha value is -1.76. The Labute approximate surface area is 103 Å². The first-order chi connectivity index (χ1) is 7.95. The summed E-state index contributed by atoms with van der Waals surface area (Å²) in [6.07, 6.45) is -2.58. The van der Waals surface area contributed by atoms with Crippen LogP contribution in [0.3, 0.4) is 0 Å². The summed E-state index contributed by atoms with van der Waals surface area (Å²) < 4.78 is 13.7. The summed E-state index contributed by atoms with van der Waals surface area (Å²) in [5.41, 5.74) is -0.0503. The Balaban J connectivity index is 2.62. The predicted octanol–water partition coefficient (Wildman–Crippen LogP) is 1.36. The van der Waals surface area contributed by atoms with E-state index in [-0.39, 0.29) is 15.7 Å². The molecule has 1 amide bonds. The number of carboxylic acids is 1. The van der Waals surface area contributed by atoms with Crippen molar-refractivity contribution < 1.29 is 23.9 Å². The fourth-order valence-corrected chi connectivity index (χ4v) is 2.15. The highest BCUT2D eigenvalue weighted by Crippen LogP contribution is 2.37. The summed E-state index contributed by atoms with van der Waals surface area (Å²) in [7, 11) is 0. The van der Waals surface area contributed by atoms with Crippen molar-refractivity contribution in [3.63, 3.8) is 0 Å². The number of hydrogen-bond acceptors (Lipinski definition) is 3. The van der Waals surface area contributed by atoms with Gasteiger partial charge in [0.2, 0.25) is 0 Å². The largest absolute Gasteiger partial charge is 0.478 e. The molecule has 1 aliphatic rings. The highest BCUT2D eigenvalue weighted by molar-refractivity contribution is 9.10. The van der Waals surface area contributed by atoms with Crippen LogP contribution in [0.15, 0.2) is 22.7 Å². The van der Waals surface area contributed by atoms with Crippen LogP contribution in [0.1, 0.15) is 10.4 Å². The van der Waals surface area contributed by atoms with Crippen LogP contribution in [0.4, 0.5) is 10.1 Å². The predicted molar refractivity (Wildman–Crippen MR) is 58.5 cm³/mol. The molecule has 0 aliphatic carbocycles. The van der Waals surface area contributed by atoms with E-state index >= 15 is 0 Å². The summed E-state index contributed by atoms with van der Waals surface area (Å²) in [5, 5.41) is 8.57. The third kappa shape index (κ3) is 1.62. The maximum absolute atomic E-state index is 13.4. The summed E-state index contributed by atoms with van der Waals surface area (Å²) in [6, 6.07) is 4.34. The summed E-state index contributed by atoms with van der Waals surface area (Å²) >= 11 is 3.05. The van der Waals surface area contributed by atoms with Gasteiger partial charge in [0, 0.05) is 4.47 Å². The summed E-state index contributed by atoms with van der Waals surface area (Å²) in [5.74, 6) is -3.92. The molecule has 7 heteroatoms. The van der Waals surface area contributed by atoms with Crippen molar-refractivity contribution in [3.8, 4) is 0 Å². The number of para-hydroxylation sites is 1. The molecule has 1 unspecified atom stereocenters. The highest BCUT2D eigenvalue weighted by atomic mass is 79.9. The molecule has 2 rings (SSSR count). The third-order valence-corrected chi connectivity index (χ3v) is 2.96. The van der Waals surface area contributed by atoms with Gasteiger partial charge < -0.3 is 5.11 Å². The minimum absolute atomic E-state index is 0.00623. The first-order valence-corrected chi connectivity index (χ1v) is 5.27. The Kier molecular flexibility index (Phi) is 2.70. The molecule has 0 aromatic heterocycles. The van der Waals surface area contributed by atoms with Crippen LogP contribution in [0.25, 0.3) is 0 Å². The number of hydrogen-bond donors (Lipinski definition) is 1. The Morgan fingerprint density at radius 2 is 2.06 bits per heavy atom. The molecule has 1 heterocycles. The van der Waals surface area contributed by atoms with Gasteiger partial charge in [0.15, 0.2) is 0 Å². The van der Waals surface area contributed by atoms with Crippen LogP contribution < -0.4 is 4.90 Å². The molecular weight excluding hydrogens is 297 g/mol. The van der Waals surface area contributed by atoms with E-state index in [1.165, 1.54) is 18.2 Å². The number of carboxylic acid groups (broad SMARTS) is 1. The van der Waals surface area contributed by atoms with E-state index in [1.54, 1.807) is 0 Å². The maximum Gasteiger partial charge on any atom is 0.360 e. The zero-order valence-electron chi connectivity index (χ0n) is 8.18. The van der Waals surface area contributed by atoms with Gasteiger partial charge in [-0.1, -0.05) is 6.07 Å². The van der Waals surface area contributed by atoms with Crippen molar-refractivity contribution in [3.05, 3.63) is 28.2 Å². The van der Waals surface area contributed by atoms with Crippen molar-refractivity contribution in [2.75, 3.05) is 4.90 Å². The number of aliphatic carboxylic acids is 1. The quantitative estimate of drug-likeness (QED) is 0.661. The average Bonchev–Trinajstić information content (AvgIpc) is 2.53. The van der Waals surface area contributed by atoms with Crippen LogP contribution in [-0.4, -0.2) is 29.1 Å². The normalized spacial score (nSPS) is 16.0. The second-order valence-electron chi connectivity index (χ2n) is 3.31. The van der Waals surface area contributed by atoms with Crippen LogP contribution in [0, 0.1) is 0 Å². The van der Waals surface area contributed by atoms with Crippen LogP contribution in [0.5, 0.6) is 0 Å². The zero-order chi connectivity index (χ0) is 12.7. The van der Waals surface area contributed by atoms with Crippen molar-refractivity contribution in [2.24, 2.45) is 0 Å². The highest BCUT2D eigenvalue weighted by Gasteiger charge is 2.43. The fraction of sp³-hybridized carbons (Fsp3) is 0.100. The molecule has 0 spiro atoms. The number of nitrogens with zero attached hydrogens (tertiary/aromatic N) is 1. The number of anilines is 1. The SMILES string of the molecule is O=C1C(=O)N(C(F)C(=O)O)c2c(Br)cccc21. The molecule has 0 saturated heterocycles. The number of Topliss-reactive ketones (excluding diaryl/α,β-unsaturated/α-hetero) is 1. The minimum Gasteiger partial charge on any atom is -0.478 e. The number of halogens is 2. The van der Waals surface area contributed by atoms with Crippen molar-refractivity contribution in [2.45, 2.75) is 6.30 Å². The van der Waals surface area contributed by atoms with Crippen LogP contribution in [-0.2, 0) is 9.59 Å². The maximum atomic E-state index is 13.4. The van der Waals surface area contributed by atoms with Gasteiger partial charge in [0.25, 0.3) is 12.1 Å². The Bertz CT molecular complexity index is 545. The molecule has 1 atom stereocenters. The monoisotopic (exact) mass is 301 g/mol. The first-order valence-electron chi connectivity index (χ1n) is 4.48. The standard InChI is InChI=1S/C10H5BrFNO4/c11-5-3-1-2-4-6(5)13(8(12)10(16)17)9(15)7(4)14/h1-3,8H,(H,16,17). The second-order valence-corrected chi connectivity index (χ2v) is 4.17. The lowest BCUT2D eigenvalue weighted by Crippen LogP contribution is -2.41. The lowest BCUT2D eigenvalue weighted by molar-refractivity contribution is -0.144. The van der Waals surface area contributed by atoms with E-state index in [2.05, 4.69) is 15.9 Å². The molecule has 0 saturated carbocycles. The smallest absolute Gasteiger partial charge is 0.360 e. The zero-order valence-corrected chi connectivity index (χ0v) is 9.77. The number of benzene rings is 1. The summed E-state index contributed by atoms with van der Waals surface area (Å²) in [4.78, 5) is 33.9. The number of carbonyl (C=O) groups excluding carboxylic acids is 2. The molecule has 1 aromatic rings.